The smallest absolute Gasteiger partial charge is 0.296 e. The summed E-state index contributed by atoms with van der Waals surface area (Å²) in [4.78, 5) is 4.38. The van der Waals surface area contributed by atoms with E-state index in [-0.39, 0.29) is 11.5 Å². The predicted molar refractivity (Wildman–Crippen MR) is 133 cm³/mol. The van der Waals surface area contributed by atoms with Crippen LogP contribution in [0.25, 0.3) is 0 Å². The van der Waals surface area contributed by atoms with Gasteiger partial charge in [0.25, 0.3) is 10.1 Å². The summed E-state index contributed by atoms with van der Waals surface area (Å²) in [5, 5.41) is 0. The first-order valence-electron chi connectivity index (χ1n) is 10.6. The van der Waals surface area contributed by atoms with E-state index >= 15 is 0 Å². The van der Waals surface area contributed by atoms with Crippen LogP contribution in [0.15, 0.2) is 81.4 Å². The van der Waals surface area contributed by atoms with E-state index in [9.17, 15) is 8.42 Å². The summed E-state index contributed by atoms with van der Waals surface area (Å²) >= 11 is 1.63. The van der Waals surface area contributed by atoms with E-state index in [4.69, 9.17) is 14.7 Å². The molecule has 3 aromatic rings. The van der Waals surface area contributed by atoms with E-state index in [2.05, 4.69) is 4.90 Å². The molecule has 0 aromatic heterocycles. The molecule has 0 fully saturated rings. The molecule has 0 aliphatic carbocycles. The van der Waals surface area contributed by atoms with Crippen molar-refractivity contribution in [1.82, 2.24) is 4.90 Å². The molecule has 0 saturated heterocycles. The van der Waals surface area contributed by atoms with Crippen LogP contribution >= 0.6 is 11.8 Å². The number of rotatable bonds is 11. The lowest BCUT2D eigenvalue weighted by Crippen LogP contribution is -2.12. The molecule has 6 nitrogen and oxygen atoms in total. The molecule has 0 unspecified atom stereocenters. The molecule has 3 aromatic carbocycles. The SMILES string of the molecule is Cc1ccc(S(=O)(=O)OCCCOc2ccc(Sc3ccccc3N)c(CN(C)C)c2)cc1. The van der Waals surface area contributed by atoms with Crippen LogP contribution in [0.4, 0.5) is 5.69 Å². The van der Waals surface area contributed by atoms with E-state index in [0.717, 1.165) is 38.9 Å². The Kier molecular flexibility index (Phi) is 8.80. The van der Waals surface area contributed by atoms with Gasteiger partial charge in [-0.1, -0.05) is 41.6 Å². The molecule has 0 bridgehead atoms. The summed E-state index contributed by atoms with van der Waals surface area (Å²) in [6.45, 7) is 3.07. The highest BCUT2D eigenvalue weighted by Crippen LogP contribution is 2.36. The molecule has 0 amide bonds. The van der Waals surface area contributed by atoms with Crippen molar-refractivity contribution < 1.29 is 17.3 Å². The maximum Gasteiger partial charge on any atom is 0.296 e. The number of nitrogens with two attached hydrogens (primary N) is 1. The summed E-state index contributed by atoms with van der Waals surface area (Å²) in [6, 6.07) is 20.4. The summed E-state index contributed by atoms with van der Waals surface area (Å²) in [5.74, 6) is 0.735. The Labute approximate surface area is 200 Å². The Morgan fingerprint density at radius 1 is 0.939 bits per heavy atom. The summed E-state index contributed by atoms with van der Waals surface area (Å²) in [6.07, 6.45) is 0.450. The second-order valence-corrected chi connectivity index (χ2v) is 10.6. The topological polar surface area (TPSA) is 81.9 Å². The first-order chi connectivity index (χ1) is 15.7. The van der Waals surface area contributed by atoms with E-state index in [1.165, 1.54) is 0 Å². The van der Waals surface area contributed by atoms with E-state index < -0.39 is 10.1 Å². The third-order valence-electron chi connectivity index (χ3n) is 4.76. The van der Waals surface area contributed by atoms with Crippen LogP contribution in [0, 0.1) is 6.92 Å². The summed E-state index contributed by atoms with van der Waals surface area (Å²) in [5.41, 5.74) is 8.98. The van der Waals surface area contributed by atoms with Gasteiger partial charge >= 0.3 is 0 Å². The molecule has 2 N–H and O–H groups in total. The van der Waals surface area contributed by atoms with E-state index in [0.29, 0.717) is 13.0 Å². The van der Waals surface area contributed by atoms with Gasteiger partial charge < -0.3 is 15.4 Å². The average molecular weight is 487 g/mol. The van der Waals surface area contributed by atoms with Crippen molar-refractivity contribution in [3.05, 3.63) is 77.9 Å². The number of benzene rings is 3. The lowest BCUT2D eigenvalue weighted by atomic mass is 10.2. The number of ether oxygens (including phenoxy) is 1. The molecular weight excluding hydrogens is 456 g/mol. The lowest BCUT2D eigenvalue weighted by molar-refractivity contribution is 0.250. The standard InChI is InChI=1S/C25H30N2O4S2/c1-19-9-12-22(13-10-19)33(28,29)31-16-6-15-30-21-11-14-24(20(17-21)18-27(2)3)32-25-8-5-4-7-23(25)26/h4-5,7-14,17H,6,15-16,18,26H2,1-3H3. The van der Waals surface area contributed by atoms with E-state index in [1.54, 1.807) is 36.0 Å². The lowest BCUT2D eigenvalue weighted by Gasteiger charge is -2.16. The fourth-order valence-corrected chi connectivity index (χ4v) is 4.99. The van der Waals surface area contributed by atoms with Gasteiger partial charge in [0, 0.05) is 28.4 Å². The Bertz CT molecular complexity index is 1160. The Morgan fingerprint density at radius 2 is 1.67 bits per heavy atom. The minimum Gasteiger partial charge on any atom is -0.493 e. The maximum absolute atomic E-state index is 12.3. The van der Waals surface area contributed by atoms with Gasteiger partial charge in [-0.05, 0) is 69.0 Å². The highest BCUT2D eigenvalue weighted by molar-refractivity contribution is 7.99. The maximum atomic E-state index is 12.3. The first-order valence-corrected chi connectivity index (χ1v) is 12.9. The minimum absolute atomic E-state index is 0.0575. The van der Waals surface area contributed by atoms with Crippen LogP contribution in [0.1, 0.15) is 17.5 Å². The van der Waals surface area contributed by atoms with Gasteiger partial charge in [0.1, 0.15) is 5.75 Å². The molecule has 0 aliphatic heterocycles. The molecule has 0 atom stereocenters. The summed E-state index contributed by atoms with van der Waals surface area (Å²) < 4.78 is 35.5. The first kappa shape index (κ1) is 25.1. The Hall–Kier alpha value is -2.52. The van der Waals surface area contributed by atoms with Crippen molar-refractivity contribution in [2.75, 3.05) is 33.0 Å². The number of nitrogen functional groups attached to an aromatic ring is 1. The summed E-state index contributed by atoms with van der Waals surface area (Å²) in [7, 11) is 0.282. The fourth-order valence-electron chi connectivity index (χ4n) is 3.09. The van der Waals surface area contributed by atoms with Gasteiger partial charge in [-0.2, -0.15) is 8.42 Å². The molecular formula is C25H30N2O4S2. The van der Waals surface area contributed by atoms with Crippen molar-refractivity contribution >= 4 is 27.6 Å². The molecule has 0 aliphatic rings. The monoisotopic (exact) mass is 486 g/mol. The van der Waals surface area contributed by atoms with Crippen molar-refractivity contribution in [2.24, 2.45) is 0 Å². The number of anilines is 1. The highest BCUT2D eigenvalue weighted by atomic mass is 32.2. The van der Waals surface area contributed by atoms with Gasteiger partial charge in [-0.15, -0.1) is 0 Å². The van der Waals surface area contributed by atoms with Gasteiger partial charge in [-0.3, -0.25) is 4.18 Å². The van der Waals surface area contributed by atoms with Crippen LogP contribution in [0.5, 0.6) is 5.75 Å². The van der Waals surface area contributed by atoms with Crippen LogP contribution in [0.3, 0.4) is 0 Å². The Morgan fingerprint density at radius 3 is 2.36 bits per heavy atom. The fraction of sp³-hybridized carbons (Fsp3) is 0.280. The third-order valence-corrected chi connectivity index (χ3v) is 7.30. The van der Waals surface area contributed by atoms with Gasteiger partial charge in [-0.25, -0.2) is 0 Å². The molecule has 8 heteroatoms. The quantitative estimate of drug-likeness (QED) is 0.233. The molecule has 0 saturated carbocycles. The second-order valence-electron chi connectivity index (χ2n) is 7.94. The Balaban J connectivity index is 1.57. The predicted octanol–water partition coefficient (Wildman–Crippen LogP) is 4.96. The number of hydrogen-bond donors (Lipinski definition) is 1. The zero-order valence-electron chi connectivity index (χ0n) is 19.2. The third kappa shape index (κ3) is 7.50. The molecule has 0 spiro atoms. The number of aryl methyl sites for hydroxylation is 1. The van der Waals surface area contributed by atoms with Crippen LogP contribution in [-0.2, 0) is 20.8 Å². The highest BCUT2D eigenvalue weighted by Gasteiger charge is 2.14. The minimum atomic E-state index is -3.76. The van der Waals surface area contributed by atoms with Crippen molar-refractivity contribution in [2.45, 2.75) is 34.6 Å². The zero-order valence-corrected chi connectivity index (χ0v) is 20.8. The van der Waals surface area contributed by atoms with Gasteiger partial charge in [0.2, 0.25) is 0 Å². The van der Waals surface area contributed by atoms with Crippen molar-refractivity contribution in [3.8, 4) is 5.75 Å². The van der Waals surface area contributed by atoms with E-state index in [1.807, 2.05) is 63.5 Å². The van der Waals surface area contributed by atoms with Crippen molar-refractivity contribution in [3.63, 3.8) is 0 Å². The van der Waals surface area contributed by atoms with Gasteiger partial charge in [0.15, 0.2) is 0 Å². The van der Waals surface area contributed by atoms with Crippen LogP contribution in [-0.4, -0.2) is 40.6 Å². The second kappa shape index (κ2) is 11.6. The molecule has 0 radical (unpaired) electrons. The van der Waals surface area contributed by atoms with Crippen molar-refractivity contribution in [1.29, 1.82) is 0 Å². The molecule has 33 heavy (non-hydrogen) atoms. The number of para-hydroxylation sites is 1. The molecule has 3 rings (SSSR count). The number of nitrogens with zero attached hydrogens (tertiary/aromatic N) is 1. The molecule has 0 heterocycles. The number of hydrogen-bond acceptors (Lipinski definition) is 7. The normalized spacial score (nSPS) is 11.6. The largest absolute Gasteiger partial charge is 0.493 e. The van der Waals surface area contributed by atoms with Crippen LogP contribution < -0.4 is 10.5 Å². The van der Waals surface area contributed by atoms with Gasteiger partial charge in [0.05, 0.1) is 18.1 Å². The van der Waals surface area contributed by atoms with Crippen LogP contribution in [0.2, 0.25) is 0 Å². The average Bonchev–Trinajstić information content (AvgIpc) is 2.76. The zero-order chi connectivity index (χ0) is 23.8. The molecule has 176 valence electrons.